The predicted molar refractivity (Wildman–Crippen MR) is 122 cm³/mol. The lowest BCUT2D eigenvalue weighted by Gasteiger charge is -2.03. The van der Waals surface area contributed by atoms with Gasteiger partial charge in [-0.3, -0.25) is 0 Å². The van der Waals surface area contributed by atoms with Gasteiger partial charge in [-0.25, -0.2) is 0 Å². The van der Waals surface area contributed by atoms with Crippen LogP contribution in [0.5, 0.6) is 0 Å². The first-order valence-corrected chi connectivity index (χ1v) is 10.6. The van der Waals surface area contributed by atoms with Gasteiger partial charge in [-0.15, -0.1) is 10.2 Å². The minimum Gasteiger partial charge on any atom is -0.425 e. The van der Waals surface area contributed by atoms with Gasteiger partial charge in [0.1, 0.15) is 11.4 Å². The number of hydrogen-bond donors (Lipinski definition) is 0. The second kappa shape index (κ2) is 9.08. The molecule has 4 aromatic rings. The van der Waals surface area contributed by atoms with Gasteiger partial charge in [0.05, 0.1) is 6.04 Å². The zero-order valence-electron chi connectivity index (χ0n) is 18.4. The van der Waals surface area contributed by atoms with Gasteiger partial charge >= 0.3 is 0 Å². The lowest BCUT2D eigenvalue weighted by Crippen LogP contribution is -2.04. The molecule has 6 nitrogen and oxygen atoms in total. The summed E-state index contributed by atoms with van der Waals surface area (Å²) in [5.41, 5.74) is 4.95. The normalized spacial score (nSPS) is 11.8. The van der Waals surface area contributed by atoms with Crippen LogP contribution in [-0.4, -0.2) is 25.2 Å². The van der Waals surface area contributed by atoms with Crippen molar-refractivity contribution >= 4 is 6.08 Å². The third kappa shape index (κ3) is 4.79. The lowest BCUT2D eigenvalue weighted by molar-refractivity contribution is 0.440. The molecule has 0 N–H and O–H groups in total. The molecule has 2 aromatic carbocycles. The van der Waals surface area contributed by atoms with Gasteiger partial charge in [0.2, 0.25) is 11.8 Å². The summed E-state index contributed by atoms with van der Waals surface area (Å²) in [6.45, 7) is 8.25. The van der Waals surface area contributed by atoms with Crippen LogP contribution in [0.1, 0.15) is 57.0 Å². The number of rotatable bonds is 7. The molecule has 31 heavy (non-hydrogen) atoms. The molecule has 2 heterocycles. The summed E-state index contributed by atoms with van der Waals surface area (Å²) < 4.78 is 5.67. The number of nitrogens with zero attached hydrogens (tertiary/aromatic N) is 5. The summed E-state index contributed by atoms with van der Waals surface area (Å²) in [5.74, 6) is 1.54. The Morgan fingerprint density at radius 2 is 1.58 bits per heavy atom. The molecule has 0 aliphatic carbocycles. The standard InChI is InChI=1S/C25H27N5O/c1-17(2)25-27-26-22(31-25)15-9-11-19-10-8-14-21(16-19)24-23(20-12-6-5-7-13-20)28-30(29-24)18(3)4/h5-14,16-18H,15H2,1-4H3. The van der Waals surface area contributed by atoms with Crippen LogP contribution in [0.25, 0.3) is 28.6 Å². The van der Waals surface area contributed by atoms with E-state index in [1.807, 2.05) is 44.2 Å². The fourth-order valence-electron chi connectivity index (χ4n) is 3.21. The highest BCUT2D eigenvalue weighted by Crippen LogP contribution is 2.30. The van der Waals surface area contributed by atoms with E-state index in [-0.39, 0.29) is 12.0 Å². The molecule has 0 spiro atoms. The van der Waals surface area contributed by atoms with Crippen LogP contribution in [0.2, 0.25) is 0 Å². The van der Waals surface area contributed by atoms with E-state index in [9.17, 15) is 0 Å². The van der Waals surface area contributed by atoms with E-state index in [2.05, 4.69) is 60.5 Å². The Balaban J connectivity index is 1.60. The van der Waals surface area contributed by atoms with Crippen molar-refractivity contribution in [2.24, 2.45) is 0 Å². The van der Waals surface area contributed by atoms with Gasteiger partial charge < -0.3 is 4.42 Å². The van der Waals surface area contributed by atoms with Crippen molar-refractivity contribution in [1.29, 1.82) is 0 Å². The number of hydrogen-bond acceptors (Lipinski definition) is 5. The second-order valence-electron chi connectivity index (χ2n) is 8.10. The first-order chi connectivity index (χ1) is 15.0. The Morgan fingerprint density at radius 3 is 2.26 bits per heavy atom. The average Bonchev–Trinajstić information content (AvgIpc) is 3.43. The molecule has 0 amide bonds. The third-order valence-electron chi connectivity index (χ3n) is 4.88. The summed E-state index contributed by atoms with van der Waals surface area (Å²) in [4.78, 5) is 1.78. The summed E-state index contributed by atoms with van der Waals surface area (Å²) in [6.07, 6.45) is 4.71. The van der Waals surface area contributed by atoms with Crippen molar-refractivity contribution in [2.45, 2.75) is 46.1 Å². The Hall–Kier alpha value is -3.54. The van der Waals surface area contributed by atoms with Crippen molar-refractivity contribution in [3.05, 3.63) is 78.0 Å². The fraction of sp³-hybridized carbons (Fsp3) is 0.280. The van der Waals surface area contributed by atoms with E-state index < -0.39 is 0 Å². The van der Waals surface area contributed by atoms with Crippen LogP contribution in [0.3, 0.4) is 0 Å². The Morgan fingerprint density at radius 1 is 0.871 bits per heavy atom. The van der Waals surface area contributed by atoms with Crippen LogP contribution >= 0.6 is 0 Å². The summed E-state index contributed by atoms with van der Waals surface area (Å²) >= 11 is 0. The molecule has 2 aromatic heterocycles. The lowest BCUT2D eigenvalue weighted by atomic mass is 10.0. The Bertz CT molecular complexity index is 1170. The highest BCUT2D eigenvalue weighted by atomic mass is 16.4. The van der Waals surface area contributed by atoms with Crippen molar-refractivity contribution in [3.63, 3.8) is 0 Å². The van der Waals surface area contributed by atoms with Crippen molar-refractivity contribution in [1.82, 2.24) is 25.2 Å². The molecule has 4 rings (SSSR count). The molecule has 0 bridgehead atoms. The molecule has 0 fully saturated rings. The molecule has 0 saturated heterocycles. The second-order valence-corrected chi connectivity index (χ2v) is 8.10. The maximum absolute atomic E-state index is 5.67. The zero-order valence-corrected chi connectivity index (χ0v) is 18.4. The van der Waals surface area contributed by atoms with E-state index in [4.69, 9.17) is 14.6 Å². The number of aromatic nitrogens is 5. The first kappa shape index (κ1) is 20.7. The van der Waals surface area contributed by atoms with E-state index in [1.165, 1.54) is 0 Å². The minimum atomic E-state index is 0.185. The van der Waals surface area contributed by atoms with Crippen LogP contribution in [0, 0.1) is 0 Å². The van der Waals surface area contributed by atoms with Crippen molar-refractivity contribution in [3.8, 4) is 22.5 Å². The molecule has 0 radical (unpaired) electrons. The van der Waals surface area contributed by atoms with Crippen molar-refractivity contribution < 1.29 is 4.42 Å². The van der Waals surface area contributed by atoms with E-state index in [0.717, 1.165) is 28.1 Å². The molecule has 158 valence electrons. The van der Waals surface area contributed by atoms with Gasteiger partial charge in [0.25, 0.3) is 0 Å². The monoisotopic (exact) mass is 413 g/mol. The maximum Gasteiger partial charge on any atom is 0.220 e. The van der Waals surface area contributed by atoms with Gasteiger partial charge in [-0.05, 0) is 25.5 Å². The molecule has 0 aliphatic heterocycles. The predicted octanol–water partition coefficient (Wildman–Crippen LogP) is 5.96. The zero-order chi connectivity index (χ0) is 21.8. The fourth-order valence-corrected chi connectivity index (χ4v) is 3.21. The molecule has 0 atom stereocenters. The highest BCUT2D eigenvalue weighted by Gasteiger charge is 2.16. The highest BCUT2D eigenvalue weighted by molar-refractivity contribution is 5.78. The molecule has 6 heteroatoms. The molecule has 0 saturated carbocycles. The minimum absolute atomic E-state index is 0.185. The quantitative estimate of drug-likeness (QED) is 0.374. The van der Waals surface area contributed by atoms with Gasteiger partial charge in [0.15, 0.2) is 0 Å². The summed E-state index contributed by atoms with van der Waals surface area (Å²) in [6, 6.07) is 18.7. The first-order valence-electron chi connectivity index (χ1n) is 10.6. The maximum atomic E-state index is 5.67. The van der Waals surface area contributed by atoms with Gasteiger partial charge in [-0.2, -0.15) is 15.0 Å². The number of benzene rings is 2. The van der Waals surface area contributed by atoms with Crippen LogP contribution in [0.15, 0.2) is 65.1 Å². The van der Waals surface area contributed by atoms with E-state index in [1.54, 1.807) is 4.80 Å². The molecule has 0 unspecified atom stereocenters. The van der Waals surface area contributed by atoms with Crippen LogP contribution in [0.4, 0.5) is 0 Å². The molecule has 0 aliphatic rings. The van der Waals surface area contributed by atoms with Crippen molar-refractivity contribution in [2.75, 3.05) is 0 Å². The topological polar surface area (TPSA) is 69.6 Å². The SMILES string of the molecule is CC(C)c1nnc(CC=Cc2cccc(-c3nn(C(C)C)nc3-c3ccccc3)c2)o1. The average molecular weight is 414 g/mol. The van der Waals surface area contributed by atoms with Crippen LogP contribution in [-0.2, 0) is 6.42 Å². The van der Waals surface area contributed by atoms with Crippen LogP contribution < -0.4 is 0 Å². The molecular formula is C25H27N5O. The van der Waals surface area contributed by atoms with E-state index >= 15 is 0 Å². The Kier molecular flexibility index (Phi) is 6.07. The van der Waals surface area contributed by atoms with Gasteiger partial charge in [0, 0.05) is 23.5 Å². The van der Waals surface area contributed by atoms with E-state index in [0.29, 0.717) is 18.2 Å². The summed E-state index contributed by atoms with van der Waals surface area (Å²) in [5, 5.41) is 17.7. The molecular weight excluding hydrogens is 386 g/mol. The van der Waals surface area contributed by atoms with Gasteiger partial charge in [-0.1, -0.05) is 74.5 Å². The largest absolute Gasteiger partial charge is 0.425 e. The summed E-state index contributed by atoms with van der Waals surface area (Å²) in [7, 11) is 0. The Labute approximate surface area is 182 Å². The third-order valence-corrected chi connectivity index (χ3v) is 4.88. The smallest absolute Gasteiger partial charge is 0.220 e. The number of allylic oxidation sites excluding steroid dienone is 1.